The Morgan fingerprint density at radius 1 is 1.62 bits per heavy atom. The van der Waals surface area contributed by atoms with E-state index in [1.807, 2.05) is 4.90 Å². The van der Waals surface area contributed by atoms with E-state index in [9.17, 15) is 4.79 Å². The van der Waals surface area contributed by atoms with Crippen LogP contribution >= 0.6 is 0 Å². The van der Waals surface area contributed by atoms with Crippen molar-refractivity contribution in [3.8, 4) is 0 Å². The molecule has 1 saturated heterocycles. The molecule has 0 saturated carbocycles. The van der Waals surface area contributed by atoms with Crippen molar-refractivity contribution in [2.75, 3.05) is 13.1 Å². The second kappa shape index (κ2) is 3.92. The Balaban J connectivity index is 2.07. The Morgan fingerprint density at radius 3 is 2.88 bits per heavy atom. The third kappa shape index (κ3) is 1.84. The lowest BCUT2D eigenvalue weighted by molar-refractivity contribution is 0.0758. The molecule has 1 amide bonds. The lowest BCUT2D eigenvalue weighted by Crippen LogP contribution is -2.33. The van der Waals surface area contributed by atoms with Gasteiger partial charge in [0.05, 0.1) is 0 Å². The van der Waals surface area contributed by atoms with Gasteiger partial charge in [0.1, 0.15) is 5.69 Å². The zero-order valence-electron chi connectivity index (χ0n) is 10.2. The second-order valence-electron chi connectivity index (χ2n) is 5.26. The first-order valence-electron chi connectivity index (χ1n) is 5.81. The van der Waals surface area contributed by atoms with Crippen LogP contribution in [0.5, 0.6) is 0 Å². The predicted octanol–water partition coefficient (Wildman–Crippen LogP) is 1.92. The van der Waals surface area contributed by atoms with Gasteiger partial charge in [-0.3, -0.25) is 9.89 Å². The molecule has 2 heterocycles. The molecule has 0 aliphatic carbocycles. The minimum atomic E-state index is 0.0712. The average molecular weight is 221 g/mol. The molecule has 1 aliphatic heterocycles. The summed E-state index contributed by atoms with van der Waals surface area (Å²) in [5.41, 5.74) is 0.850. The molecule has 0 radical (unpaired) electrons. The van der Waals surface area contributed by atoms with Crippen molar-refractivity contribution in [2.45, 2.75) is 27.2 Å². The lowest BCUT2D eigenvalue weighted by Gasteiger charge is -2.28. The quantitative estimate of drug-likeness (QED) is 0.829. The lowest BCUT2D eigenvalue weighted by atomic mass is 9.78. The van der Waals surface area contributed by atoms with Crippen LogP contribution in [0.4, 0.5) is 0 Å². The van der Waals surface area contributed by atoms with E-state index in [1.54, 1.807) is 12.3 Å². The number of likely N-dealkylation sites (tertiary alicyclic amines) is 1. The fourth-order valence-corrected chi connectivity index (χ4v) is 2.17. The normalized spacial score (nSPS) is 25.4. The van der Waals surface area contributed by atoms with E-state index < -0.39 is 0 Å². The summed E-state index contributed by atoms with van der Waals surface area (Å²) in [4.78, 5) is 14.0. The molecule has 88 valence electrons. The molecule has 0 aromatic carbocycles. The van der Waals surface area contributed by atoms with E-state index in [2.05, 4.69) is 31.0 Å². The van der Waals surface area contributed by atoms with Crippen LogP contribution < -0.4 is 0 Å². The highest BCUT2D eigenvalue weighted by atomic mass is 16.2. The molecule has 1 aromatic heterocycles. The average Bonchev–Trinajstić information content (AvgIpc) is 2.85. The summed E-state index contributed by atoms with van der Waals surface area (Å²) in [5.74, 6) is 0.675. The van der Waals surface area contributed by atoms with E-state index in [0.29, 0.717) is 11.6 Å². The van der Waals surface area contributed by atoms with Crippen LogP contribution in [0, 0.1) is 11.3 Å². The summed E-state index contributed by atoms with van der Waals surface area (Å²) in [6.07, 6.45) is 2.70. The van der Waals surface area contributed by atoms with Gasteiger partial charge in [0, 0.05) is 19.3 Å². The van der Waals surface area contributed by atoms with Gasteiger partial charge in [0.15, 0.2) is 0 Å². The van der Waals surface area contributed by atoms with Crippen molar-refractivity contribution in [1.82, 2.24) is 15.1 Å². The Morgan fingerprint density at radius 2 is 2.38 bits per heavy atom. The number of carbonyl (C=O) groups excluding carboxylic acids is 1. The minimum absolute atomic E-state index is 0.0712. The van der Waals surface area contributed by atoms with Gasteiger partial charge < -0.3 is 4.90 Å². The first-order valence-corrected chi connectivity index (χ1v) is 5.81. The van der Waals surface area contributed by atoms with Gasteiger partial charge >= 0.3 is 0 Å². The van der Waals surface area contributed by atoms with Crippen molar-refractivity contribution in [1.29, 1.82) is 0 Å². The molecule has 2 rings (SSSR count). The van der Waals surface area contributed by atoms with Gasteiger partial charge in [-0.2, -0.15) is 5.10 Å². The van der Waals surface area contributed by atoms with Crippen LogP contribution in [0.3, 0.4) is 0 Å². The Hall–Kier alpha value is -1.32. The fourth-order valence-electron chi connectivity index (χ4n) is 2.17. The number of aromatic nitrogens is 2. The summed E-state index contributed by atoms with van der Waals surface area (Å²) in [6.45, 7) is 8.42. The number of carbonyl (C=O) groups is 1. The highest BCUT2D eigenvalue weighted by Crippen LogP contribution is 2.37. The van der Waals surface area contributed by atoms with Crippen LogP contribution in [0.15, 0.2) is 12.3 Å². The predicted molar refractivity (Wildman–Crippen MR) is 62.1 cm³/mol. The molecule has 0 bridgehead atoms. The first-order chi connectivity index (χ1) is 7.53. The standard InChI is InChI=1S/C12H19N3O/c1-9(2)12(3)5-7-15(8-12)11(16)10-4-6-13-14-10/h4,6,9H,5,7-8H2,1-3H3,(H,13,14)/t12-/m0/s1. The molecular formula is C12H19N3O. The van der Waals surface area contributed by atoms with Gasteiger partial charge in [-0.25, -0.2) is 0 Å². The Kier molecular flexibility index (Phi) is 2.74. The summed E-state index contributed by atoms with van der Waals surface area (Å²) < 4.78 is 0. The van der Waals surface area contributed by atoms with Crippen LogP contribution in [0.1, 0.15) is 37.7 Å². The second-order valence-corrected chi connectivity index (χ2v) is 5.26. The summed E-state index contributed by atoms with van der Waals surface area (Å²) in [7, 11) is 0. The van der Waals surface area contributed by atoms with E-state index >= 15 is 0 Å². The number of nitrogens with one attached hydrogen (secondary N) is 1. The third-order valence-corrected chi connectivity index (χ3v) is 3.92. The summed E-state index contributed by atoms with van der Waals surface area (Å²) >= 11 is 0. The van der Waals surface area contributed by atoms with Crippen molar-refractivity contribution >= 4 is 5.91 Å². The third-order valence-electron chi connectivity index (χ3n) is 3.92. The van der Waals surface area contributed by atoms with E-state index in [-0.39, 0.29) is 11.3 Å². The molecule has 4 nitrogen and oxygen atoms in total. The fraction of sp³-hybridized carbons (Fsp3) is 0.667. The van der Waals surface area contributed by atoms with Crippen LogP contribution in [0.25, 0.3) is 0 Å². The molecular weight excluding hydrogens is 202 g/mol. The minimum Gasteiger partial charge on any atom is -0.337 e. The summed E-state index contributed by atoms with van der Waals surface area (Å²) in [6, 6.07) is 1.73. The van der Waals surface area contributed by atoms with Gasteiger partial charge in [0.2, 0.25) is 0 Å². The molecule has 4 heteroatoms. The van der Waals surface area contributed by atoms with Crippen molar-refractivity contribution in [2.24, 2.45) is 11.3 Å². The number of nitrogens with zero attached hydrogens (tertiary/aromatic N) is 2. The zero-order valence-corrected chi connectivity index (χ0v) is 10.2. The van der Waals surface area contributed by atoms with Gasteiger partial charge in [0.25, 0.3) is 5.91 Å². The van der Waals surface area contributed by atoms with Crippen molar-refractivity contribution in [3.63, 3.8) is 0 Å². The number of rotatable bonds is 2. The molecule has 16 heavy (non-hydrogen) atoms. The Labute approximate surface area is 96.0 Å². The maximum atomic E-state index is 12.1. The zero-order chi connectivity index (χ0) is 11.8. The monoisotopic (exact) mass is 221 g/mol. The topological polar surface area (TPSA) is 49.0 Å². The van der Waals surface area contributed by atoms with E-state index in [4.69, 9.17) is 0 Å². The molecule has 0 spiro atoms. The molecule has 0 unspecified atom stereocenters. The molecule has 1 aliphatic rings. The SMILES string of the molecule is CC(C)[C@@]1(C)CCN(C(=O)c2ccn[nH]2)C1. The van der Waals surface area contributed by atoms with Crippen LogP contribution in [-0.4, -0.2) is 34.1 Å². The Bertz CT molecular complexity index is 372. The molecule has 1 fully saturated rings. The van der Waals surface area contributed by atoms with E-state index in [1.165, 1.54) is 0 Å². The van der Waals surface area contributed by atoms with Crippen LogP contribution in [0.2, 0.25) is 0 Å². The number of hydrogen-bond donors (Lipinski definition) is 1. The largest absolute Gasteiger partial charge is 0.337 e. The molecule has 1 N–H and O–H groups in total. The highest BCUT2D eigenvalue weighted by Gasteiger charge is 2.38. The maximum absolute atomic E-state index is 12.1. The number of amides is 1. The van der Waals surface area contributed by atoms with E-state index in [0.717, 1.165) is 19.5 Å². The maximum Gasteiger partial charge on any atom is 0.271 e. The first kappa shape index (κ1) is 11.2. The number of H-pyrrole nitrogens is 1. The molecule has 1 atom stereocenters. The molecule has 1 aromatic rings. The van der Waals surface area contributed by atoms with Gasteiger partial charge in [-0.1, -0.05) is 20.8 Å². The smallest absolute Gasteiger partial charge is 0.271 e. The van der Waals surface area contributed by atoms with Gasteiger partial charge in [-0.05, 0) is 23.8 Å². The summed E-state index contributed by atoms with van der Waals surface area (Å²) in [5, 5.41) is 6.54. The number of hydrogen-bond acceptors (Lipinski definition) is 2. The van der Waals surface area contributed by atoms with Crippen molar-refractivity contribution in [3.05, 3.63) is 18.0 Å². The van der Waals surface area contributed by atoms with Gasteiger partial charge in [-0.15, -0.1) is 0 Å². The number of aromatic amines is 1. The van der Waals surface area contributed by atoms with Crippen molar-refractivity contribution < 1.29 is 4.79 Å². The van der Waals surface area contributed by atoms with Crippen LogP contribution in [-0.2, 0) is 0 Å². The highest BCUT2D eigenvalue weighted by molar-refractivity contribution is 5.92.